The van der Waals surface area contributed by atoms with Crippen molar-refractivity contribution in [2.75, 3.05) is 12.1 Å². The van der Waals surface area contributed by atoms with Crippen molar-refractivity contribution < 1.29 is 13.2 Å². The minimum atomic E-state index is -2.98. The molecule has 0 bridgehead atoms. The van der Waals surface area contributed by atoms with Gasteiger partial charge in [0, 0.05) is 18.2 Å². The maximum Gasteiger partial charge on any atom is 0.150 e. The summed E-state index contributed by atoms with van der Waals surface area (Å²) in [6.45, 7) is 0. The van der Waals surface area contributed by atoms with E-state index in [0.717, 1.165) is 30.6 Å². The molecule has 1 fully saturated rings. The van der Waals surface area contributed by atoms with Crippen molar-refractivity contribution in [3.05, 3.63) is 29.8 Å². The van der Waals surface area contributed by atoms with Crippen LogP contribution >= 0.6 is 11.6 Å². The molecule has 3 nitrogen and oxygen atoms in total. The predicted octanol–water partition coefficient (Wildman–Crippen LogP) is 3.01. The standard InChI is InChI=1S/C16H19ClO3S/c1-21(18,19)16-6-2-5-15(12-16)20-14-9-7-13(8-10-14)4-3-11-17/h7-10,15-16H,2,5-6,11-12H2,1H3. The first-order valence-electron chi connectivity index (χ1n) is 6.99. The first-order chi connectivity index (χ1) is 9.99. The van der Waals surface area contributed by atoms with Gasteiger partial charge in [0.2, 0.25) is 0 Å². The minimum Gasteiger partial charge on any atom is -0.490 e. The zero-order valence-electron chi connectivity index (χ0n) is 12.0. The fourth-order valence-electron chi connectivity index (χ4n) is 2.54. The molecule has 0 amide bonds. The number of rotatable bonds is 3. The Morgan fingerprint density at radius 1 is 1.29 bits per heavy atom. The van der Waals surface area contributed by atoms with E-state index in [-0.39, 0.29) is 11.4 Å². The van der Waals surface area contributed by atoms with E-state index in [0.29, 0.717) is 12.3 Å². The number of sulfone groups is 1. The summed E-state index contributed by atoms with van der Waals surface area (Å²) in [5.41, 5.74) is 0.889. The van der Waals surface area contributed by atoms with Gasteiger partial charge in [-0.1, -0.05) is 11.8 Å². The van der Waals surface area contributed by atoms with Gasteiger partial charge in [-0.2, -0.15) is 0 Å². The molecule has 0 N–H and O–H groups in total. The molecule has 1 saturated carbocycles. The lowest BCUT2D eigenvalue weighted by molar-refractivity contribution is 0.156. The van der Waals surface area contributed by atoms with Crippen LogP contribution in [0.3, 0.4) is 0 Å². The number of hydrogen-bond donors (Lipinski definition) is 0. The van der Waals surface area contributed by atoms with Crippen LogP contribution in [0.4, 0.5) is 0 Å². The molecule has 21 heavy (non-hydrogen) atoms. The molecule has 1 aromatic rings. The second-order valence-corrected chi connectivity index (χ2v) is 7.91. The minimum absolute atomic E-state index is 0.0294. The Balaban J connectivity index is 1.98. The third-order valence-corrected chi connectivity index (χ3v) is 5.41. The molecular formula is C16H19ClO3S. The van der Waals surface area contributed by atoms with Crippen molar-refractivity contribution >= 4 is 21.4 Å². The van der Waals surface area contributed by atoms with Crippen LogP contribution in [0.1, 0.15) is 31.2 Å². The molecule has 1 aromatic carbocycles. The van der Waals surface area contributed by atoms with E-state index < -0.39 is 9.84 Å². The van der Waals surface area contributed by atoms with Crippen LogP contribution in [-0.4, -0.2) is 31.9 Å². The van der Waals surface area contributed by atoms with E-state index in [1.165, 1.54) is 6.26 Å². The fraction of sp³-hybridized carbons (Fsp3) is 0.500. The number of ether oxygens (including phenoxy) is 1. The molecule has 0 aliphatic heterocycles. The maximum atomic E-state index is 11.6. The van der Waals surface area contributed by atoms with Crippen LogP contribution in [0.15, 0.2) is 24.3 Å². The molecule has 1 aliphatic rings. The smallest absolute Gasteiger partial charge is 0.150 e. The molecule has 0 aromatic heterocycles. The van der Waals surface area contributed by atoms with E-state index in [2.05, 4.69) is 11.8 Å². The Morgan fingerprint density at radius 2 is 2.00 bits per heavy atom. The van der Waals surface area contributed by atoms with Gasteiger partial charge in [0.25, 0.3) is 0 Å². The average molecular weight is 327 g/mol. The normalized spacial score (nSPS) is 22.2. The van der Waals surface area contributed by atoms with Crippen LogP contribution < -0.4 is 4.74 Å². The number of halogens is 1. The van der Waals surface area contributed by atoms with Gasteiger partial charge in [-0.25, -0.2) is 8.42 Å². The third-order valence-electron chi connectivity index (χ3n) is 3.64. The van der Waals surface area contributed by atoms with Gasteiger partial charge in [-0.15, -0.1) is 11.6 Å². The molecule has 0 spiro atoms. The van der Waals surface area contributed by atoms with Crippen molar-refractivity contribution in [1.82, 2.24) is 0 Å². The Kier molecular flexibility index (Phi) is 5.55. The van der Waals surface area contributed by atoms with Gasteiger partial charge in [0.05, 0.1) is 17.2 Å². The molecule has 2 rings (SSSR count). The second-order valence-electron chi connectivity index (χ2n) is 5.32. The van der Waals surface area contributed by atoms with E-state index in [1.54, 1.807) is 0 Å². The second kappa shape index (κ2) is 7.20. The Morgan fingerprint density at radius 3 is 2.62 bits per heavy atom. The highest BCUT2D eigenvalue weighted by Crippen LogP contribution is 2.27. The Hall–Kier alpha value is -1.18. The first-order valence-corrected chi connectivity index (χ1v) is 9.48. The van der Waals surface area contributed by atoms with Crippen molar-refractivity contribution in [1.29, 1.82) is 0 Å². The fourth-order valence-corrected chi connectivity index (χ4v) is 3.77. The van der Waals surface area contributed by atoms with Crippen molar-refractivity contribution in [3.63, 3.8) is 0 Å². The van der Waals surface area contributed by atoms with Crippen LogP contribution in [-0.2, 0) is 9.84 Å². The predicted molar refractivity (Wildman–Crippen MR) is 85.6 cm³/mol. The number of alkyl halides is 1. The zero-order chi connectivity index (χ0) is 15.3. The van der Waals surface area contributed by atoms with Gasteiger partial charge in [-0.05, 0) is 43.5 Å². The molecule has 2 unspecified atom stereocenters. The number of hydrogen-bond acceptors (Lipinski definition) is 3. The average Bonchev–Trinajstić information content (AvgIpc) is 2.46. The van der Waals surface area contributed by atoms with E-state index >= 15 is 0 Å². The molecule has 0 heterocycles. The molecule has 114 valence electrons. The lowest BCUT2D eigenvalue weighted by Crippen LogP contribution is -2.33. The number of benzene rings is 1. The summed E-state index contributed by atoms with van der Waals surface area (Å²) in [5, 5.41) is -0.273. The quantitative estimate of drug-likeness (QED) is 0.633. The van der Waals surface area contributed by atoms with Gasteiger partial charge in [0.1, 0.15) is 15.6 Å². The van der Waals surface area contributed by atoms with Crippen LogP contribution in [0.25, 0.3) is 0 Å². The third kappa shape index (κ3) is 4.94. The summed E-state index contributed by atoms with van der Waals surface area (Å²) in [7, 11) is -2.98. The lowest BCUT2D eigenvalue weighted by Gasteiger charge is -2.28. The summed E-state index contributed by atoms with van der Waals surface area (Å²) >= 11 is 5.51. The van der Waals surface area contributed by atoms with Crippen LogP contribution in [0.2, 0.25) is 0 Å². The molecule has 1 aliphatic carbocycles. The van der Waals surface area contributed by atoms with Crippen LogP contribution in [0.5, 0.6) is 5.75 Å². The molecule has 2 atom stereocenters. The molecule has 5 heteroatoms. The summed E-state index contributed by atoms with van der Waals surface area (Å²) < 4.78 is 29.2. The highest BCUT2D eigenvalue weighted by molar-refractivity contribution is 7.91. The highest BCUT2D eigenvalue weighted by atomic mass is 35.5. The van der Waals surface area contributed by atoms with Gasteiger partial charge >= 0.3 is 0 Å². The summed E-state index contributed by atoms with van der Waals surface area (Å²) in [4.78, 5) is 0. The van der Waals surface area contributed by atoms with Gasteiger partial charge in [0.15, 0.2) is 0 Å². The SMILES string of the molecule is CS(=O)(=O)C1CCCC(Oc2ccc(C#CCCl)cc2)C1. The van der Waals surface area contributed by atoms with E-state index in [4.69, 9.17) is 16.3 Å². The van der Waals surface area contributed by atoms with E-state index in [1.807, 2.05) is 24.3 Å². The zero-order valence-corrected chi connectivity index (χ0v) is 13.6. The lowest BCUT2D eigenvalue weighted by atomic mass is 9.97. The molecular weight excluding hydrogens is 308 g/mol. The molecule has 0 saturated heterocycles. The van der Waals surface area contributed by atoms with Crippen molar-refractivity contribution in [2.45, 2.75) is 37.0 Å². The maximum absolute atomic E-state index is 11.6. The van der Waals surface area contributed by atoms with E-state index in [9.17, 15) is 8.42 Å². The Labute approximate surface area is 131 Å². The monoisotopic (exact) mass is 326 g/mol. The highest BCUT2D eigenvalue weighted by Gasteiger charge is 2.29. The molecule has 0 radical (unpaired) electrons. The topological polar surface area (TPSA) is 43.4 Å². The summed E-state index contributed by atoms with van der Waals surface area (Å²) in [6, 6.07) is 7.49. The van der Waals surface area contributed by atoms with Gasteiger partial charge < -0.3 is 4.74 Å². The first kappa shape index (κ1) is 16.2. The Bertz CT molecular complexity index is 626. The summed E-state index contributed by atoms with van der Waals surface area (Å²) in [6.07, 6.45) is 4.39. The van der Waals surface area contributed by atoms with Crippen LogP contribution in [0, 0.1) is 11.8 Å². The largest absolute Gasteiger partial charge is 0.490 e. The van der Waals surface area contributed by atoms with Crippen molar-refractivity contribution in [3.8, 4) is 17.6 Å². The van der Waals surface area contributed by atoms with Gasteiger partial charge in [-0.3, -0.25) is 0 Å². The summed E-state index contributed by atoms with van der Waals surface area (Å²) in [5.74, 6) is 6.80. The van der Waals surface area contributed by atoms with Crippen molar-refractivity contribution in [2.24, 2.45) is 0 Å².